The first-order chi connectivity index (χ1) is 13.7. The van der Waals surface area contributed by atoms with Gasteiger partial charge in [0.1, 0.15) is 16.8 Å². The van der Waals surface area contributed by atoms with E-state index in [1.54, 1.807) is 13.2 Å². The number of hydrogen-bond donors (Lipinski definition) is 2. The largest absolute Gasteiger partial charge is 0.494 e. The lowest BCUT2D eigenvalue weighted by Crippen LogP contribution is -1.90. The van der Waals surface area contributed by atoms with E-state index in [-0.39, 0.29) is 0 Å². The molecule has 5 aromatic rings. The van der Waals surface area contributed by atoms with Crippen molar-refractivity contribution in [3.8, 4) is 16.9 Å². The number of hydrogen-bond acceptors (Lipinski definition) is 7. The van der Waals surface area contributed by atoms with E-state index < -0.39 is 0 Å². The van der Waals surface area contributed by atoms with Crippen molar-refractivity contribution >= 4 is 49.5 Å². The van der Waals surface area contributed by atoms with Gasteiger partial charge in [0.05, 0.1) is 11.8 Å². The summed E-state index contributed by atoms with van der Waals surface area (Å²) in [6.45, 7) is 0. The fourth-order valence-electron chi connectivity index (χ4n) is 3.11. The molecule has 0 bridgehead atoms. The molecule has 0 fully saturated rings. The van der Waals surface area contributed by atoms with Crippen LogP contribution < -0.4 is 15.8 Å². The number of thiazole rings is 1. The van der Waals surface area contributed by atoms with Crippen molar-refractivity contribution < 1.29 is 9.15 Å². The molecule has 6 nitrogen and oxygen atoms in total. The smallest absolute Gasteiger partial charge is 0.302 e. The first kappa shape index (κ1) is 16.6. The third-order valence-corrected chi connectivity index (χ3v) is 5.33. The molecule has 0 aliphatic heterocycles. The molecule has 0 saturated heterocycles. The van der Waals surface area contributed by atoms with Crippen molar-refractivity contribution in [2.24, 2.45) is 0 Å². The molecular formula is C21H16N4O2S. The fraction of sp³-hybridized carbons (Fsp3) is 0.0476. The van der Waals surface area contributed by atoms with E-state index in [2.05, 4.69) is 27.4 Å². The number of nitrogen functional groups attached to an aromatic ring is 1. The molecule has 138 valence electrons. The lowest BCUT2D eigenvalue weighted by Gasteiger charge is -2.01. The Morgan fingerprint density at radius 1 is 1.00 bits per heavy atom. The average Bonchev–Trinajstić information content (AvgIpc) is 3.30. The summed E-state index contributed by atoms with van der Waals surface area (Å²) in [5.41, 5.74) is 11.0. The molecule has 2 aromatic heterocycles. The van der Waals surface area contributed by atoms with Gasteiger partial charge in [-0.25, -0.2) is 4.98 Å². The lowest BCUT2D eigenvalue weighted by atomic mass is 10.1. The van der Waals surface area contributed by atoms with Gasteiger partial charge in [0.15, 0.2) is 10.7 Å². The molecule has 0 saturated carbocycles. The van der Waals surface area contributed by atoms with Crippen LogP contribution in [0.4, 0.5) is 16.8 Å². The maximum Gasteiger partial charge on any atom is 0.302 e. The zero-order chi connectivity index (χ0) is 19.1. The number of benzene rings is 3. The van der Waals surface area contributed by atoms with Gasteiger partial charge in [-0.3, -0.25) is 5.32 Å². The van der Waals surface area contributed by atoms with Crippen molar-refractivity contribution in [3.05, 3.63) is 60.7 Å². The van der Waals surface area contributed by atoms with Crippen molar-refractivity contribution in [1.82, 2.24) is 9.97 Å². The molecule has 5 rings (SSSR count). The van der Waals surface area contributed by atoms with Crippen LogP contribution in [0.3, 0.4) is 0 Å². The van der Waals surface area contributed by atoms with Gasteiger partial charge in [-0.15, -0.1) is 0 Å². The van der Waals surface area contributed by atoms with Crippen LogP contribution in [-0.2, 0) is 0 Å². The van der Waals surface area contributed by atoms with E-state index >= 15 is 0 Å². The minimum absolute atomic E-state index is 0.395. The zero-order valence-electron chi connectivity index (χ0n) is 15.0. The first-order valence-corrected chi connectivity index (χ1v) is 9.48. The van der Waals surface area contributed by atoms with Crippen molar-refractivity contribution in [2.45, 2.75) is 0 Å². The molecule has 0 aliphatic carbocycles. The molecule has 3 N–H and O–H groups in total. The second-order valence-corrected chi connectivity index (χ2v) is 7.31. The Labute approximate surface area is 164 Å². The Bertz CT molecular complexity index is 1290. The Morgan fingerprint density at radius 2 is 1.86 bits per heavy atom. The molecule has 0 unspecified atom stereocenters. The van der Waals surface area contributed by atoms with Crippen LogP contribution in [0, 0.1) is 0 Å². The number of nitrogens with one attached hydrogen (secondary N) is 1. The van der Waals surface area contributed by atoms with Crippen molar-refractivity contribution in [1.29, 1.82) is 0 Å². The number of methoxy groups -OCH3 is 1. The van der Waals surface area contributed by atoms with Crippen LogP contribution in [0.5, 0.6) is 5.75 Å². The van der Waals surface area contributed by atoms with E-state index in [1.807, 2.05) is 42.5 Å². The van der Waals surface area contributed by atoms with Crippen LogP contribution >= 0.6 is 11.3 Å². The van der Waals surface area contributed by atoms with Crippen LogP contribution in [0.1, 0.15) is 0 Å². The lowest BCUT2D eigenvalue weighted by molar-refractivity contribution is 0.419. The maximum absolute atomic E-state index is 5.92. The molecular weight excluding hydrogens is 372 g/mol. The Morgan fingerprint density at radius 3 is 2.68 bits per heavy atom. The molecule has 7 heteroatoms. The molecule has 0 radical (unpaired) electrons. The van der Waals surface area contributed by atoms with E-state index in [4.69, 9.17) is 14.9 Å². The summed E-state index contributed by atoms with van der Waals surface area (Å²) in [4.78, 5) is 9.14. The molecule has 2 heterocycles. The molecule has 0 atom stereocenters. The molecule has 28 heavy (non-hydrogen) atoms. The van der Waals surface area contributed by atoms with E-state index in [0.29, 0.717) is 28.2 Å². The van der Waals surface area contributed by atoms with Gasteiger partial charge >= 0.3 is 6.01 Å². The Kier molecular flexibility index (Phi) is 3.87. The summed E-state index contributed by atoms with van der Waals surface area (Å²) in [5.74, 6) is 0.643. The zero-order valence-corrected chi connectivity index (χ0v) is 15.8. The summed E-state index contributed by atoms with van der Waals surface area (Å²) in [5, 5.41) is 3.81. The van der Waals surface area contributed by atoms with Crippen LogP contribution in [0.2, 0.25) is 0 Å². The normalized spacial score (nSPS) is 11.2. The van der Waals surface area contributed by atoms with Crippen LogP contribution in [0.25, 0.3) is 32.4 Å². The second-order valence-electron chi connectivity index (χ2n) is 6.28. The number of nitrogens with two attached hydrogens (primary N) is 1. The summed E-state index contributed by atoms with van der Waals surface area (Å²) >= 11 is 1.46. The highest BCUT2D eigenvalue weighted by Crippen LogP contribution is 2.36. The van der Waals surface area contributed by atoms with Crippen LogP contribution in [-0.4, -0.2) is 17.1 Å². The summed E-state index contributed by atoms with van der Waals surface area (Å²) in [6.07, 6.45) is 0. The highest BCUT2D eigenvalue weighted by Gasteiger charge is 2.13. The molecule has 0 aliphatic rings. The molecule has 0 spiro atoms. The van der Waals surface area contributed by atoms with Gasteiger partial charge in [-0.1, -0.05) is 47.7 Å². The minimum atomic E-state index is 0.395. The quantitative estimate of drug-likeness (QED) is 0.399. The van der Waals surface area contributed by atoms with Crippen LogP contribution in [0.15, 0.2) is 65.1 Å². The SMILES string of the molecule is COc1cc(N)cc2sc(Nc3nc4cc(-c5ccccc5)ccc4o3)nc12. The van der Waals surface area contributed by atoms with E-state index in [9.17, 15) is 0 Å². The predicted molar refractivity (Wildman–Crippen MR) is 113 cm³/mol. The third-order valence-electron chi connectivity index (χ3n) is 4.41. The number of aromatic nitrogens is 2. The van der Waals surface area contributed by atoms with Gasteiger partial charge in [0, 0.05) is 11.8 Å². The number of nitrogens with zero attached hydrogens (tertiary/aromatic N) is 2. The maximum atomic E-state index is 5.92. The van der Waals surface area contributed by atoms with Gasteiger partial charge in [0.25, 0.3) is 0 Å². The average molecular weight is 388 g/mol. The first-order valence-electron chi connectivity index (χ1n) is 8.67. The highest BCUT2D eigenvalue weighted by atomic mass is 32.1. The third kappa shape index (κ3) is 2.91. The van der Waals surface area contributed by atoms with Gasteiger partial charge < -0.3 is 14.9 Å². The van der Waals surface area contributed by atoms with E-state index in [0.717, 1.165) is 26.9 Å². The topological polar surface area (TPSA) is 86.2 Å². The minimum Gasteiger partial charge on any atom is -0.494 e. The summed E-state index contributed by atoms with van der Waals surface area (Å²) in [7, 11) is 1.60. The monoisotopic (exact) mass is 388 g/mol. The standard InChI is InChI=1S/C21H16N4O2S/c1-26-17-10-14(22)11-18-19(17)24-21(28-18)25-20-23-15-9-13(7-8-16(15)27-20)12-5-3-2-4-6-12/h2-11H,22H2,1H3,(H,23,24,25). The summed E-state index contributed by atoms with van der Waals surface area (Å²) in [6, 6.07) is 20.2. The molecule has 3 aromatic carbocycles. The molecule has 0 amide bonds. The summed E-state index contributed by atoms with van der Waals surface area (Å²) < 4.78 is 12.1. The predicted octanol–water partition coefficient (Wildman–Crippen LogP) is 5.44. The van der Waals surface area contributed by atoms with Crippen molar-refractivity contribution in [2.75, 3.05) is 18.2 Å². The number of rotatable bonds is 4. The highest BCUT2D eigenvalue weighted by molar-refractivity contribution is 7.22. The van der Waals surface area contributed by atoms with Gasteiger partial charge in [0.2, 0.25) is 0 Å². The number of oxazole rings is 1. The van der Waals surface area contributed by atoms with E-state index in [1.165, 1.54) is 11.3 Å². The van der Waals surface area contributed by atoms with Gasteiger partial charge in [-0.2, -0.15) is 4.98 Å². The number of anilines is 3. The van der Waals surface area contributed by atoms with Crippen molar-refractivity contribution in [3.63, 3.8) is 0 Å². The Hall–Kier alpha value is -3.58. The Balaban J connectivity index is 1.49. The second kappa shape index (κ2) is 6.54. The number of ether oxygens (including phenoxy) is 1. The van der Waals surface area contributed by atoms with Gasteiger partial charge in [-0.05, 0) is 29.3 Å². The fourth-order valence-corrected chi connectivity index (χ4v) is 4.03. The number of fused-ring (bicyclic) bond motifs is 2.